The van der Waals surface area contributed by atoms with Gasteiger partial charge in [-0.3, -0.25) is 0 Å². The molecule has 1 aromatic rings. The highest BCUT2D eigenvalue weighted by molar-refractivity contribution is 7.89. The Bertz CT molecular complexity index is 584. The van der Waals surface area contributed by atoms with Gasteiger partial charge in [0.05, 0.1) is 23.7 Å². The maximum absolute atomic E-state index is 12.3. The largest absolute Gasteiger partial charge is 0.465 e. The van der Waals surface area contributed by atoms with E-state index >= 15 is 0 Å². The van der Waals surface area contributed by atoms with Gasteiger partial charge in [-0.1, -0.05) is 6.07 Å². The normalized spacial score (nSPS) is 20.4. The zero-order valence-electron chi connectivity index (χ0n) is 10.4. The van der Waals surface area contributed by atoms with Gasteiger partial charge < -0.3 is 9.84 Å². The van der Waals surface area contributed by atoms with Gasteiger partial charge in [-0.05, 0) is 24.6 Å². The number of ether oxygens (including phenoxy) is 1. The van der Waals surface area contributed by atoms with Crippen molar-refractivity contribution in [3.63, 3.8) is 0 Å². The van der Waals surface area contributed by atoms with Crippen molar-refractivity contribution in [2.75, 3.05) is 20.2 Å². The number of rotatable bonds is 3. The van der Waals surface area contributed by atoms with E-state index in [1.54, 1.807) is 0 Å². The molecule has 7 heteroatoms. The first-order chi connectivity index (χ1) is 8.95. The summed E-state index contributed by atoms with van der Waals surface area (Å²) in [6.45, 7) is 0.372. The fourth-order valence-electron chi connectivity index (χ4n) is 1.98. The zero-order valence-corrected chi connectivity index (χ0v) is 11.3. The monoisotopic (exact) mass is 285 g/mol. The third-order valence-electron chi connectivity index (χ3n) is 3.02. The van der Waals surface area contributed by atoms with Crippen molar-refractivity contribution in [2.45, 2.75) is 17.4 Å². The first kappa shape index (κ1) is 14.0. The molecule has 1 fully saturated rings. The Kier molecular flexibility index (Phi) is 3.88. The number of benzene rings is 1. The van der Waals surface area contributed by atoms with Gasteiger partial charge in [0.1, 0.15) is 0 Å². The Morgan fingerprint density at radius 3 is 2.79 bits per heavy atom. The summed E-state index contributed by atoms with van der Waals surface area (Å²) >= 11 is 0. The second-order valence-corrected chi connectivity index (χ2v) is 6.26. The van der Waals surface area contributed by atoms with Gasteiger partial charge in [-0.15, -0.1) is 0 Å². The third-order valence-corrected chi connectivity index (χ3v) is 4.88. The molecule has 0 bridgehead atoms. The number of aliphatic hydroxyl groups is 1. The van der Waals surface area contributed by atoms with Crippen LogP contribution in [0.5, 0.6) is 0 Å². The molecule has 0 spiro atoms. The standard InChI is InChI=1S/C12H15NO5S/c1-18-12(15)9-3-2-4-11(7-9)19(16,17)13-6-5-10(14)8-13/h2-4,7,10,14H,5-6,8H2,1H3/t10-/m1/s1. The Labute approximate surface area is 111 Å². The summed E-state index contributed by atoms with van der Waals surface area (Å²) in [5.74, 6) is -0.585. The highest BCUT2D eigenvalue weighted by atomic mass is 32.2. The topological polar surface area (TPSA) is 83.9 Å². The van der Waals surface area contributed by atoms with E-state index in [9.17, 15) is 18.3 Å². The molecule has 1 aliphatic rings. The molecular weight excluding hydrogens is 270 g/mol. The number of hydrogen-bond acceptors (Lipinski definition) is 5. The molecule has 2 rings (SSSR count). The van der Waals surface area contributed by atoms with Crippen LogP contribution in [-0.4, -0.2) is 50.1 Å². The Morgan fingerprint density at radius 1 is 1.47 bits per heavy atom. The molecule has 6 nitrogen and oxygen atoms in total. The first-order valence-corrected chi connectivity index (χ1v) is 7.26. The average molecular weight is 285 g/mol. The minimum absolute atomic E-state index is 0.0319. The van der Waals surface area contributed by atoms with Crippen LogP contribution >= 0.6 is 0 Å². The molecule has 1 N–H and O–H groups in total. The van der Waals surface area contributed by atoms with Crippen LogP contribution in [-0.2, 0) is 14.8 Å². The molecule has 1 saturated heterocycles. The number of hydrogen-bond donors (Lipinski definition) is 1. The molecule has 0 unspecified atom stereocenters. The number of esters is 1. The van der Waals surface area contributed by atoms with Crippen molar-refractivity contribution in [2.24, 2.45) is 0 Å². The van der Waals surface area contributed by atoms with E-state index in [4.69, 9.17) is 0 Å². The Balaban J connectivity index is 2.33. The maximum Gasteiger partial charge on any atom is 0.337 e. The summed E-state index contributed by atoms with van der Waals surface area (Å²) in [5.41, 5.74) is 0.184. The van der Waals surface area contributed by atoms with Crippen LogP contribution in [0.1, 0.15) is 16.8 Å². The Hall–Kier alpha value is -1.44. The molecule has 1 atom stereocenters. The molecule has 1 aromatic carbocycles. The van der Waals surface area contributed by atoms with E-state index in [-0.39, 0.29) is 23.5 Å². The second kappa shape index (κ2) is 5.28. The minimum Gasteiger partial charge on any atom is -0.465 e. The van der Waals surface area contributed by atoms with Crippen LogP contribution in [0.4, 0.5) is 0 Å². The molecule has 1 heterocycles. The van der Waals surface area contributed by atoms with Gasteiger partial charge in [0.15, 0.2) is 0 Å². The molecule has 104 valence electrons. The lowest BCUT2D eigenvalue weighted by molar-refractivity contribution is 0.0600. The lowest BCUT2D eigenvalue weighted by atomic mass is 10.2. The lowest BCUT2D eigenvalue weighted by Crippen LogP contribution is -2.29. The van der Waals surface area contributed by atoms with Gasteiger partial charge in [0, 0.05) is 13.1 Å². The van der Waals surface area contributed by atoms with Crippen LogP contribution < -0.4 is 0 Å². The number of β-amino-alcohol motifs (C(OH)–C–C–N with tert-alkyl or cyclic N) is 1. The van der Waals surface area contributed by atoms with Crippen LogP contribution in [0, 0.1) is 0 Å². The number of aliphatic hydroxyl groups excluding tert-OH is 1. The average Bonchev–Trinajstić information content (AvgIpc) is 2.85. The predicted molar refractivity (Wildman–Crippen MR) is 67.2 cm³/mol. The quantitative estimate of drug-likeness (QED) is 0.804. The zero-order chi connectivity index (χ0) is 14.0. The smallest absolute Gasteiger partial charge is 0.337 e. The summed E-state index contributed by atoms with van der Waals surface area (Å²) < 4.78 is 30.4. The van der Waals surface area contributed by atoms with Crippen molar-refractivity contribution in [1.82, 2.24) is 4.31 Å². The molecule has 1 aliphatic heterocycles. The number of nitrogens with zero attached hydrogens (tertiary/aromatic N) is 1. The summed E-state index contributed by atoms with van der Waals surface area (Å²) in [6, 6.07) is 5.69. The fourth-order valence-corrected chi connectivity index (χ4v) is 3.52. The molecule has 19 heavy (non-hydrogen) atoms. The molecule has 0 aliphatic carbocycles. The summed E-state index contributed by atoms with van der Waals surface area (Å²) in [7, 11) is -2.43. The predicted octanol–water partition coefficient (Wildman–Crippen LogP) is 0.228. The van der Waals surface area contributed by atoms with Crippen LogP contribution in [0.3, 0.4) is 0 Å². The summed E-state index contributed by atoms with van der Waals surface area (Å²) in [4.78, 5) is 11.4. The number of carbonyl (C=O) groups is 1. The van der Waals surface area contributed by atoms with Crippen molar-refractivity contribution in [3.8, 4) is 0 Å². The van der Waals surface area contributed by atoms with Crippen LogP contribution in [0.2, 0.25) is 0 Å². The van der Waals surface area contributed by atoms with Gasteiger partial charge >= 0.3 is 5.97 Å². The summed E-state index contributed by atoms with van der Waals surface area (Å²) in [6.07, 6.45) is -0.200. The number of methoxy groups -OCH3 is 1. The molecule has 0 saturated carbocycles. The van der Waals surface area contributed by atoms with Crippen LogP contribution in [0.25, 0.3) is 0 Å². The summed E-state index contributed by atoms with van der Waals surface area (Å²) in [5, 5.41) is 9.41. The van der Waals surface area contributed by atoms with Gasteiger partial charge in [-0.2, -0.15) is 4.31 Å². The number of carbonyl (C=O) groups excluding carboxylic acids is 1. The molecule has 0 aromatic heterocycles. The van der Waals surface area contributed by atoms with E-state index in [0.29, 0.717) is 6.42 Å². The first-order valence-electron chi connectivity index (χ1n) is 5.82. The van der Waals surface area contributed by atoms with Crippen LogP contribution in [0.15, 0.2) is 29.2 Å². The van der Waals surface area contributed by atoms with E-state index < -0.39 is 22.1 Å². The van der Waals surface area contributed by atoms with Gasteiger partial charge in [0.25, 0.3) is 0 Å². The van der Waals surface area contributed by atoms with Crippen molar-refractivity contribution in [3.05, 3.63) is 29.8 Å². The van der Waals surface area contributed by atoms with Gasteiger partial charge in [0.2, 0.25) is 10.0 Å². The maximum atomic E-state index is 12.3. The highest BCUT2D eigenvalue weighted by Crippen LogP contribution is 2.22. The minimum atomic E-state index is -3.67. The second-order valence-electron chi connectivity index (χ2n) is 4.32. The highest BCUT2D eigenvalue weighted by Gasteiger charge is 2.31. The van der Waals surface area contributed by atoms with Crippen molar-refractivity contribution in [1.29, 1.82) is 0 Å². The van der Waals surface area contributed by atoms with E-state index in [0.717, 1.165) is 0 Å². The van der Waals surface area contributed by atoms with E-state index in [1.807, 2.05) is 0 Å². The third kappa shape index (κ3) is 2.78. The van der Waals surface area contributed by atoms with Crippen molar-refractivity contribution >= 4 is 16.0 Å². The van der Waals surface area contributed by atoms with E-state index in [1.165, 1.54) is 35.7 Å². The number of sulfonamides is 1. The lowest BCUT2D eigenvalue weighted by Gasteiger charge is -2.16. The van der Waals surface area contributed by atoms with Gasteiger partial charge in [-0.25, -0.2) is 13.2 Å². The SMILES string of the molecule is COC(=O)c1cccc(S(=O)(=O)N2CC[C@@H](O)C2)c1. The van der Waals surface area contributed by atoms with Crippen molar-refractivity contribution < 1.29 is 23.1 Å². The fraction of sp³-hybridized carbons (Fsp3) is 0.417. The molecule has 0 radical (unpaired) electrons. The molecular formula is C12H15NO5S. The Morgan fingerprint density at radius 2 is 2.21 bits per heavy atom. The van der Waals surface area contributed by atoms with E-state index in [2.05, 4.69) is 4.74 Å². The molecule has 0 amide bonds.